The molecule has 0 radical (unpaired) electrons. The first-order chi connectivity index (χ1) is 10.4. The molecule has 114 valence electrons. The van der Waals surface area contributed by atoms with E-state index in [1.165, 1.54) is 20.1 Å². The molecule has 1 aromatic carbocycles. The number of urea groups is 1. The number of hydrogen-bond acceptors (Lipinski definition) is 4. The summed E-state index contributed by atoms with van der Waals surface area (Å²) in [6.07, 6.45) is 0. The number of amides is 3. The lowest BCUT2D eigenvalue weighted by atomic mass is 9.81. The Bertz CT molecular complexity index is 758. The number of anilines is 1. The van der Waals surface area contributed by atoms with Crippen molar-refractivity contribution in [3.8, 4) is 0 Å². The maximum atomic E-state index is 13.4. The van der Waals surface area contributed by atoms with Crippen molar-refractivity contribution in [2.75, 3.05) is 12.4 Å². The minimum Gasteiger partial charge on any atom is -0.466 e. The summed E-state index contributed by atoms with van der Waals surface area (Å²) < 4.78 is 18.1. The van der Waals surface area contributed by atoms with E-state index in [-0.39, 0.29) is 22.5 Å². The summed E-state index contributed by atoms with van der Waals surface area (Å²) >= 11 is 0. The first kappa shape index (κ1) is 14.1. The average molecular weight is 305 g/mol. The molecule has 2 aliphatic heterocycles. The molecule has 1 spiro atoms. The van der Waals surface area contributed by atoms with Crippen LogP contribution in [0.15, 0.2) is 29.5 Å². The number of carbonyl (C=O) groups is 3. The number of nitrogens with one attached hydrogen (secondary N) is 3. The average Bonchev–Trinajstić information content (AvgIpc) is 2.69. The molecule has 0 bridgehead atoms. The van der Waals surface area contributed by atoms with Gasteiger partial charge in [0.1, 0.15) is 5.82 Å². The number of halogens is 1. The predicted octanol–water partition coefficient (Wildman–Crippen LogP) is 0.733. The van der Waals surface area contributed by atoms with Crippen LogP contribution in [0.25, 0.3) is 0 Å². The predicted molar refractivity (Wildman–Crippen MR) is 73.1 cm³/mol. The molecular formula is C14H12FN3O4. The third-order valence-electron chi connectivity index (χ3n) is 3.72. The second-order valence-corrected chi connectivity index (χ2v) is 4.96. The van der Waals surface area contributed by atoms with Crippen LogP contribution in [0.5, 0.6) is 0 Å². The molecule has 2 heterocycles. The van der Waals surface area contributed by atoms with E-state index in [0.717, 1.165) is 12.1 Å². The van der Waals surface area contributed by atoms with Gasteiger partial charge in [-0.2, -0.15) is 0 Å². The highest BCUT2D eigenvalue weighted by Crippen LogP contribution is 2.43. The molecule has 2 aliphatic rings. The lowest BCUT2D eigenvalue weighted by molar-refractivity contribution is -0.138. The van der Waals surface area contributed by atoms with Gasteiger partial charge in [-0.25, -0.2) is 14.0 Å². The van der Waals surface area contributed by atoms with Gasteiger partial charge in [0.2, 0.25) is 0 Å². The van der Waals surface area contributed by atoms with E-state index in [1.54, 1.807) is 0 Å². The monoisotopic (exact) mass is 305 g/mol. The van der Waals surface area contributed by atoms with E-state index in [2.05, 4.69) is 16.0 Å². The fourth-order valence-electron chi connectivity index (χ4n) is 2.84. The summed E-state index contributed by atoms with van der Waals surface area (Å²) in [6, 6.07) is 2.99. The highest BCUT2D eigenvalue weighted by Gasteiger charge is 2.56. The fourth-order valence-corrected chi connectivity index (χ4v) is 2.84. The van der Waals surface area contributed by atoms with Crippen LogP contribution in [-0.2, 0) is 19.9 Å². The van der Waals surface area contributed by atoms with E-state index in [0.29, 0.717) is 0 Å². The van der Waals surface area contributed by atoms with Crippen LogP contribution in [-0.4, -0.2) is 25.0 Å². The van der Waals surface area contributed by atoms with Gasteiger partial charge in [-0.1, -0.05) is 6.07 Å². The Morgan fingerprint density at radius 3 is 2.68 bits per heavy atom. The van der Waals surface area contributed by atoms with Gasteiger partial charge in [-0.15, -0.1) is 0 Å². The lowest BCUT2D eigenvalue weighted by Gasteiger charge is -2.35. The molecule has 3 N–H and O–H groups in total. The molecule has 1 unspecified atom stereocenters. The van der Waals surface area contributed by atoms with Crippen LogP contribution in [0.2, 0.25) is 0 Å². The Morgan fingerprint density at radius 1 is 1.27 bits per heavy atom. The Labute approximate surface area is 124 Å². The Hall–Kier alpha value is -2.90. The van der Waals surface area contributed by atoms with Gasteiger partial charge in [-0.05, 0) is 19.1 Å². The van der Waals surface area contributed by atoms with Crippen LogP contribution in [0, 0.1) is 5.82 Å². The van der Waals surface area contributed by atoms with Gasteiger partial charge in [0.15, 0.2) is 5.54 Å². The number of allylic oxidation sites excluding steroid dienone is 1. The highest BCUT2D eigenvalue weighted by atomic mass is 19.1. The number of hydrogen-bond donors (Lipinski definition) is 3. The van der Waals surface area contributed by atoms with Crippen molar-refractivity contribution in [2.45, 2.75) is 12.5 Å². The van der Waals surface area contributed by atoms with E-state index in [1.807, 2.05) is 0 Å². The number of ether oxygens (including phenoxy) is 1. The minimum atomic E-state index is -1.73. The second kappa shape index (κ2) is 4.55. The maximum absolute atomic E-state index is 13.4. The van der Waals surface area contributed by atoms with E-state index in [9.17, 15) is 18.8 Å². The molecule has 0 fully saturated rings. The van der Waals surface area contributed by atoms with Crippen molar-refractivity contribution in [1.82, 2.24) is 10.6 Å². The molecular weight excluding hydrogens is 293 g/mol. The first-order valence-electron chi connectivity index (χ1n) is 6.40. The molecule has 0 saturated carbocycles. The molecule has 7 nitrogen and oxygen atoms in total. The number of benzene rings is 1. The van der Waals surface area contributed by atoms with Gasteiger partial charge in [0, 0.05) is 11.3 Å². The minimum absolute atomic E-state index is 0.0440. The molecule has 3 rings (SSSR count). The first-order valence-corrected chi connectivity index (χ1v) is 6.40. The summed E-state index contributed by atoms with van der Waals surface area (Å²) in [5.74, 6) is -1.96. The van der Waals surface area contributed by atoms with Crippen molar-refractivity contribution in [1.29, 1.82) is 0 Å². The Kier molecular flexibility index (Phi) is 2.91. The summed E-state index contributed by atoms with van der Waals surface area (Å²) in [6.45, 7) is 1.49. The van der Waals surface area contributed by atoms with Crippen LogP contribution in [0.4, 0.5) is 14.9 Å². The van der Waals surface area contributed by atoms with Crippen LogP contribution in [0.1, 0.15) is 12.5 Å². The lowest BCUT2D eigenvalue weighted by Crippen LogP contribution is -2.60. The highest BCUT2D eigenvalue weighted by molar-refractivity contribution is 6.16. The fraction of sp³-hybridized carbons (Fsp3) is 0.214. The Morgan fingerprint density at radius 2 is 2.00 bits per heavy atom. The largest absolute Gasteiger partial charge is 0.466 e. The number of methoxy groups -OCH3 is 1. The zero-order valence-electron chi connectivity index (χ0n) is 11.7. The maximum Gasteiger partial charge on any atom is 0.338 e. The molecule has 8 heteroatoms. The standard InChI is InChI=1S/C14H12FN3O4/c1-6-10(11(19)22-2)14(18-13(21)16-6)8-4-3-7(15)5-9(8)17-12(14)20/h3-5H,1-2H3,(H,17,20)(H2,16,18,21). The van der Waals surface area contributed by atoms with Gasteiger partial charge >= 0.3 is 12.0 Å². The van der Waals surface area contributed by atoms with Gasteiger partial charge in [0.25, 0.3) is 5.91 Å². The summed E-state index contributed by atoms with van der Waals surface area (Å²) in [4.78, 5) is 36.5. The number of fused-ring (bicyclic) bond motifs is 2. The van der Waals surface area contributed by atoms with Crippen LogP contribution >= 0.6 is 0 Å². The molecule has 0 saturated heterocycles. The van der Waals surface area contributed by atoms with E-state index >= 15 is 0 Å². The molecule has 1 aromatic rings. The van der Waals surface area contributed by atoms with Crippen LogP contribution < -0.4 is 16.0 Å². The van der Waals surface area contributed by atoms with Crippen molar-refractivity contribution in [3.05, 3.63) is 40.8 Å². The third-order valence-corrected chi connectivity index (χ3v) is 3.72. The molecule has 1 atom stereocenters. The van der Waals surface area contributed by atoms with Crippen molar-refractivity contribution < 1.29 is 23.5 Å². The zero-order valence-corrected chi connectivity index (χ0v) is 11.7. The van der Waals surface area contributed by atoms with Crippen molar-refractivity contribution in [3.63, 3.8) is 0 Å². The quantitative estimate of drug-likeness (QED) is 0.667. The van der Waals surface area contributed by atoms with Crippen LogP contribution in [0.3, 0.4) is 0 Å². The second-order valence-electron chi connectivity index (χ2n) is 4.96. The number of rotatable bonds is 1. The molecule has 0 aromatic heterocycles. The summed E-state index contributed by atoms with van der Waals surface area (Å²) in [5, 5.41) is 7.39. The number of esters is 1. The molecule has 3 amide bonds. The number of carbonyl (C=O) groups excluding carboxylic acids is 3. The van der Waals surface area contributed by atoms with Crippen molar-refractivity contribution >= 4 is 23.6 Å². The molecule has 22 heavy (non-hydrogen) atoms. The SMILES string of the molecule is COC(=O)C1=C(C)NC(=O)NC12C(=O)Nc1cc(F)ccc12. The van der Waals surface area contributed by atoms with Gasteiger partial charge in [0.05, 0.1) is 18.4 Å². The van der Waals surface area contributed by atoms with Gasteiger partial charge in [-0.3, -0.25) is 4.79 Å². The zero-order chi connectivity index (χ0) is 16.1. The summed E-state index contributed by atoms with van der Waals surface area (Å²) in [7, 11) is 1.17. The summed E-state index contributed by atoms with van der Waals surface area (Å²) in [5.41, 5.74) is -1.10. The smallest absolute Gasteiger partial charge is 0.338 e. The molecule has 0 aliphatic carbocycles. The Balaban J connectivity index is 2.31. The normalized spacial score (nSPS) is 22.9. The third kappa shape index (κ3) is 1.70. The van der Waals surface area contributed by atoms with E-state index < -0.39 is 29.3 Å². The van der Waals surface area contributed by atoms with E-state index in [4.69, 9.17) is 4.74 Å². The van der Waals surface area contributed by atoms with Crippen molar-refractivity contribution in [2.24, 2.45) is 0 Å². The topological polar surface area (TPSA) is 96.5 Å². The van der Waals surface area contributed by atoms with Gasteiger partial charge < -0.3 is 20.7 Å².